The summed E-state index contributed by atoms with van der Waals surface area (Å²) in [5, 5.41) is 0. The molecular weight excluding hydrogens is 312 g/mol. The highest BCUT2D eigenvalue weighted by atomic mass is 16.6. The van der Waals surface area contributed by atoms with Crippen molar-refractivity contribution in [3.8, 4) is 0 Å². The van der Waals surface area contributed by atoms with Crippen molar-refractivity contribution < 1.29 is 37.4 Å². The van der Waals surface area contributed by atoms with Gasteiger partial charge in [0.15, 0.2) is 18.1 Å². The summed E-state index contributed by atoms with van der Waals surface area (Å²) < 4.78 is 23.7. The third-order valence-corrected chi connectivity index (χ3v) is 2.92. The van der Waals surface area contributed by atoms with Gasteiger partial charge in [-0.25, -0.2) is 14.4 Å². The molecule has 1 aliphatic rings. The van der Waals surface area contributed by atoms with Crippen LogP contribution in [-0.2, 0) is 35.2 Å². The van der Waals surface area contributed by atoms with E-state index in [1.807, 2.05) is 0 Å². The maximum atomic E-state index is 11.4. The molecule has 2 heterocycles. The summed E-state index contributed by atoms with van der Waals surface area (Å²) in [7, 11) is 0. The van der Waals surface area contributed by atoms with Gasteiger partial charge in [0, 0.05) is 18.6 Å². The molecule has 2 rings (SSSR count). The van der Waals surface area contributed by atoms with Crippen LogP contribution in [0.25, 0.3) is 0 Å². The van der Waals surface area contributed by atoms with Crippen molar-refractivity contribution >= 4 is 17.9 Å². The van der Waals surface area contributed by atoms with Gasteiger partial charge in [0.2, 0.25) is 0 Å². The van der Waals surface area contributed by atoms with Gasteiger partial charge in [-0.15, -0.1) is 0 Å². The van der Waals surface area contributed by atoms with E-state index in [0.717, 1.165) is 12.2 Å². The molecule has 1 saturated heterocycles. The molecule has 23 heavy (non-hydrogen) atoms. The van der Waals surface area contributed by atoms with Crippen LogP contribution in [0.1, 0.15) is 24.4 Å². The second-order valence-electron chi connectivity index (χ2n) is 4.66. The minimum Gasteiger partial charge on any atom is -0.459 e. The van der Waals surface area contributed by atoms with E-state index in [2.05, 4.69) is 8.83 Å². The van der Waals surface area contributed by atoms with Crippen molar-refractivity contribution in [2.45, 2.75) is 32.5 Å². The second kappa shape index (κ2) is 7.43. The molecule has 0 saturated carbocycles. The Balaban J connectivity index is 1.70. The summed E-state index contributed by atoms with van der Waals surface area (Å²) in [6.45, 7) is 1.12. The van der Waals surface area contributed by atoms with E-state index < -0.39 is 23.9 Å². The van der Waals surface area contributed by atoms with Crippen LogP contribution >= 0.6 is 0 Å². The molecule has 1 aromatic rings. The molecule has 0 spiro atoms. The highest BCUT2D eigenvalue weighted by Crippen LogP contribution is 2.13. The normalized spacial score (nSPS) is 17.3. The number of carbonyl (C=O) groups is 3. The van der Waals surface area contributed by atoms with Crippen molar-refractivity contribution in [3.63, 3.8) is 0 Å². The molecule has 1 aromatic heterocycles. The summed E-state index contributed by atoms with van der Waals surface area (Å²) >= 11 is 0. The SMILES string of the molecule is Cc1oc(=O)oc1COC(=O)/C=C/C(=O)OCC1CCC(=O)O1. The van der Waals surface area contributed by atoms with Gasteiger partial charge in [-0.1, -0.05) is 0 Å². The number of carbonyl (C=O) groups excluding carboxylic acids is 3. The Morgan fingerprint density at radius 2 is 1.87 bits per heavy atom. The van der Waals surface area contributed by atoms with Gasteiger partial charge in [-0.3, -0.25) is 4.79 Å². The largest absolute Gasteiger partial charge is 0.519 e. The zero-order chi connectivity index (χ0) is 16.8. The fraction of sp³-hybridized carbons (Fsp3) is 0.429. The summed E-state index contributed by atoms with van der Waals surface area (Å²) in [5.41, 5.74) is 0. The van der Waals surface area contributed by atoms with Gasteiger partial charge in [-0.05, 0) is 13.3 Å². The lowest BCUT2D eigenvalue weighted by atomic mass is 10.2. The molecule has 0 N–H and O–H groups in total. The van der Waals surface area contributed by atoms with E-state index >= 15 is 0 Å². The molecule has 0 radical (unpaired) electrons. The quantitative estimate of drug-likeness (QED) is 0.415. The lowest BCUT2D eigenvalue weighted by Crippen LogP contribution is -2.17. The van der Waals surface area contributed by atoms with E-state index in [1.165, 1.54) is 6.92 Å². The summed E-state index contributed by atoms with van der Waals surface area (Å²) in [6, 6.07) is 0. The first kappa shape index (κ1) is 16.5. The van der Waals surface area contributed by atoms with Gasteiger partial charge in [0.25, 0.3) is 0 Å². The Morgan fingerprint density at radius 3 is 2.43 bits per heavy atom. The molecule has 124 valence electrons. The van der Waals surface area contributed by atoms with E-state index in [1.54, 1.807) is 0 Å². The van der Waals surface area contributed by atoms with Gasteiger partial charge in [0.05, 0.1) is 0 Å². The van der Waals surface area contributed by atoms with E-state index in [0.29, 0.717) is 12.8 Å². The standard InChI is InChI=1S/C14H14O9/c1-8-10(23-14(18)21-8)7-20-12(16)5-4-11(15)19-6-9-2-3-13(17)22-9/h4-5,9H,2-3,6-7H2,1H3/b5-4+. The lowest BCUT2D eigenvalue weighted by Gasteiger charge is -2.08. The molecule has 1 unspecified atom stereocenters. The number of hydrogen-bond donors (Lipinski definition) is 0. The van der Waals surface area contributed by atoms with Gasteiger partial charge in [-0.2, -0.15) is 0 Å². The molecule has 0 aromatic carbocycles. The predicted molar refractivity (Wildman–Crippen MR) is 71.0 cm³/mol. The minimum absolute atomic E-state index is 0.0661. The Labute approximate surface area is 129 Å². The second-order valence-corrected chi connectivity index (χ2v) is 4.66. The predicted octanol–water partition coefficient (Wildman–Crippen LogP) is 0.389. The Hall–Kier alpha value is -2.84. The van der Waals surface area contributed by atoms with Crippen molar-refractivity contribution in [2.75, 3.05) is 6.61 Å². The number of aryl methyl sites for hydroxylation is 1. The molecule has 1 aliphatic heterocycles. The zero-order valence-corrected chi connectivity index (χ0v) is 12.2. The van der Waals surface area contributed by atoms with Crippen molar-refractivity contribution in [2.24, 2.45) is 0 Å². The van der Waals surface area contributed by atoms with Crippen LogP contribution in [0.15, 0.2) is 25.8 Å². The van der Waals surface area contributed by atoms with Crippen LogP contribution in [0.3, 0.4) is 0 Å². The van der Waals surface area contributed by atoms with Gasteiger partial charge in [0.1, 0.15) is 12.7 Å². The molecule has 9 heteroatoms. The minimum atomic E-state index is -0.889. The van der Waals surface area contributed by atoms with E-state index in [9.17, 15) is 19.2 Å². The fourth-order valence-electron chi connectivity index (χ4n) is 1.75. The van der Waals surface area contributed by atoms with Crippen LogP contribution in [0, 0.1) is 6.92 Å². The summed E-state index contributed by atoms with van der Waals surface area (Å²) in [5.74, 6) is -2.51. The Morgan fingerprint density at radius 1 is 1.17 bits per heavy atom. The Bertz CT molecular complexity index is 679. The molecule has 9 nitrogen and oxygen atoms in total. The number of esters is 3. The number of ether oxygens (including phenoxy) is 3. The van der Waals surface area contributed by atoms with Crippen LogP contribution in [-0.4, -0.2) is 30.6 Å². The molecule has 1 fully saturated rings. The van der Waals surface area contributed by atoms with Gasteiger partial charge < -0.3 is 23.0 Å². The zero-order valence-electron chi connectivity index (χ0n) is 12.2. The topological polar surface area (TPSA) is 122 Å². The third kappa shape index (κ3) is 5.13. The van der Waals surface area contributed by atoms with Crippen molar-refractivity contribution in [1.82, 2.24) is 0 Å². The highest BCUT2D eigenvalue weighted by molar-refractivity contribution is 5.91. The highest BCUT2D eigenvalue weighted by Gasteiger charge is 2.24. The maximum Gasteiger partial charge on any atom is 0.519 e. The van der Waals surface area contributed by atoms with E-state index in [-0.39, 0.29) is 30.7 Å². The molecule has 0 amide bonds. The molecular formula is C14H14O9. The van der Waals surface area contributed by atoms with E-state index in [4.69, 9.17) is 14.2 Å². The van der Waals surface area contributed by atoms with Crippen LogP contribution in [0.5, 0.6) is 0 Å². The van der Waals surface area contributed by atoms with Crippen LogP contribution in [0.4, 0.5) is 0 Å². The number of cyclic esters (lactones) is 1. The fourth-order valence-corrected chi connectivity index (χ4v) is 1.75. The maximum absolute atomic E-state index is 11.4. The summed E-state index contributed by atoms with van der Waals surface area (Å²) in [6.07, 6.45) is 2.11. The average Bonchev–Trinajstić information content (AvgIpc) is 3.06. The number of hydrogen-bond acceptors (Lipinski definition) is 9. The monoisotopic (exact) mass is 326 g/mol. The Kier molecular flexibility index (Phi) is 5.34. The lowest BCUT2D eigenvalue weighted by molar-refractivity contribution is -0.149. The third-order valence-electron chi connectivity index (χ3n) is 2.92. The van der Waals surface area contributed by atoms with Crippen LogP contribution < -0.4 is 5.82 Å². The molecule has 0 aliphatic carbocycles. The molecule has 1 atom stereocenters. The smallest absolute Gasteiger partial charge is 0.459 e. The number of rotatable bonds is 6. The molecule has 0 bridgehead atoms. The average molecular weight is 326 g/mol. The first-order valence-corrected chi connectivity index (χ1v) is 6.74. The van der Waals surface area contributed by atoms with Crippen molar-refractivity contribution in [3.05, 3.63) is 34.3 Å². The van der Waals surface area contributed by atoms with Gasteiger partial charge >= 0.3 is 23.7 Å². The first-order chi connectivity index (χ1) is 10.9. The van der Waals surface area contributed by atoms with Crippen molar-refractivity contribution in [1.29, 1.82) is 0 Å². The van der Waals surface area contributed by atoms with Crippen LogP contribution in [0.2, 0.25) is 0 Å². The first-order valence-electron chi connectivity index (χ1n) is 6.74. The summed E-state index contributed by atoms with van der Waals surface area (Å²) in [4.78, 5) is 44.4.